The number of rotatable bonds is 9. The predicted octanol–water partition coefficient (Wildman–Crippen LogP) is 4.33. The van der Waals surface area contributed by atoms with Crippen molar-refractivity contribution in [3.63, 3.8) is 0 Å². The Balaban J connectivity index is 0.00000121. The van der Waals surface area contributed by atoms with Gasteiger partial charge in [-0.15, -0.1) is 0 Å². The van der Waals surface area contributed by atoms with E-state index < -0.39 is 0 Å². The first-order chi connectivity index (χ1) is 17.7. The number of anilines is 2. The van der Waals surface area contributed by atoms with Crippen LogP contribution in [-0.4, -0.2) is 46.5 Å². The topological polar surface area (TPSA) is 132 Å². The molecule has 0 radical (unpaired) electrons. The van der Waals surface area contributed by atoms with Gasteiger partial charge in [0.25, 0.3) is 0 Å². The van der Waals surface area contributed by atoms with Crippen molar-refractivity contribution in [2.75, 3.05) is 24.3 Å². The molecule has 1 aliphatic carbocycles. The van der Waals surface area contributed by atoms with Crippen molar-refractivity contribution in [3.05, 3.63) is 54.1 Å². The molecule has 10 heteroatoms. The summed E-state index contributed by atoms with van der Waals surface area (Å²) >= 11 is 0. The van der Waals surface area contributed by atoms with Crippen molar-refractivity contribution in [2.24, 2.45) is 11.7 Å². The van der Waals surface area contributed by atoms with Gasteiger partial charge in [0.15, 0.2) is 5.82 Å². The standard InChI is InChI=1S/C26H30FN5O2.CH3NO/c1-16-13-20(27)22(28-12-9-26(2,3)34-4)15-19(16)21-8-11-30-24(31-21)18-7-10-29-23(14-18)32-25(33)17-5-6-17;2-1-3/h7-8,10-11,13-15,17,28H,5-6,9,12H2,1-4H3,(H,29,32,33);1H,(H2,2,3). The maximum atomic E-state index is 14.6. The van der Waals surface area contributed by atoms with Crippen LogP contribution in [0.2, 0.25) is 0 Å². The number of nitrogens with zero attached hydrogens (tertiary/aromatic N) is 3. The number of methoxy groups -OCH3 is 1. The van der Waals surface area contributed by atoms with Gasteiger partial charge in [0.05, 0.1) is 17.0 Å². The third-order valence-corrected chi connectivity index (χ3v) is 6.06. The van der Waals surface area contributed by atoms with E-state index >= 15 is 0 Å². The smallest absolute Gasteiger partial charge is 0.228 e. The Labute approximate surface area is 216 Å². The molecule has 0 saturated heterocycles. The van der Waals surface area contributed by atoms with Crippen molar-refractivity contribution in [3.8, 4) is 22.6 Å². The molecule has 1 fully saturated rings. The Morgan fingerprint density at radius 1 is 1.22 bits per heavy atom. The van der Waals surface area contributed by atoms with Crippen LogP contribution >= 0.6 is 0 Å². The van der Waals surface area contributed by atoms with E-state index in [2.05, 4.69) is 26.3 Å². The average Bonchev–Trinajstić information content (AvgIpc) is 3.72. The van der Waals surface area contributed by atoms with Crippen LogP contribution in [0.5, 0.6) is 0 Å². The lowest BCUT2D eigenvalue weighted by Crippen LogP contribution is -2.25. The zero-order valence-electron chi connectivity index (χ0n) is 21.5. The first kappa shape index (κ1) is 27.7. The molecule has 0 aliphatic heterocycles. The molecule has 2 aromatic heterocycles. The van der Waals surface area contributed by atoms with Crippen molar-refractivity contribution < 1.29 is 18.7 Å². The number of nitrogens with two attached hydrogens (primary N) is 1. The Morgan fingerprint density at radius 2 is 1.92 bits per heavy atom. The second-order valence-corrected chi connectivity index (χ2v) is 9.38. The molecular formula is C27H33FN6O3. The highest BCUT2D eigenvalue weighted by Crippen LogP contribution is 2.31. The fourth-order valence-electron chi connectivity index (χ4n) is 3.54. The summed E-state index contributed by atoms with van der Waals surface area (Å²) in [5, 5.41) is 6.03. The number of nitrogens with one attached hydrogen (secondary N) is 2. The largest absolute Gasteiger partial charge is 0.383 e. The third kappa shape index (κ3) is 7.78. The highest BCUT2D eigenvalue weighted by Gasteiger charge is 2.29. The molecule has 2 amide bonds. The van der Waals surface area contributed by atoms with Crippen LogP contribution in [0, 0.1) is 18.7 Å². The van der Waals surface area contributed by atoms with Crippen molar-refractivity contribution in [1.29, 1.82) is 0 Å². The van der Waals surface area contributed by atoms with Crippen molar-refractivity contribution in [1.82, 2.24) is 15.0 Å². The number of pyridine rings is 1. The van der Waals surface area contributed by atoms with Crippen LogP contribution in [0.15, 0.2) is 42.7 Å². The fraction of sp³-hybridized carbons (Fsp3) is 0.370. The van der Waals surface area contributed by atoms with Crippen LogP contribution in [0.4, 0.5) is 15.9 Å². The minimum absolute atomic E-state index is 0.00447. The van der Waals surface area contributed by atoms with Crippen LogP contribution in [-0.2, 0) is 14.3 Å². The first-order valence-electron chi connectivity index (χ1n) is 12.0. The number of carbonyl (C=O) groups excluding carboxylic acids is 2. The number of amides is 2. The van der Waals surface area contributed by atoms with Gasteiger partial charge in [0, 0.05) is 43.1 Å². The SMILES string of the molecule is COC(C)(C)CCNc1cc(-c2ccnc(-c3ccnc(NC(=O)C4CC4)c3)n2)c(C)cc1F.NC=O. The van der Waals surface area contributed by atoms with Crippen LogP contribution < -0.4 is 16.4 Å². The number of benzene rings is 1. The van der Waals surface area contributed by atoms with E-state index in [1.165, 1.54) is 6.07 Å². The summed E-state index contributed by atoms with van der Waals surface area (Å²) < 4.78 is 20.1. The number of halogens is 1. The van der Waals surface area contributed by atoms with Gasteiger partial charge in [0.1, 0.15) is 11.6 Å². The number of primary amides is 1. The number of hydrogen-bond donors (Lipinski definition) is 3. The Morgan fingerprint density at radius 3 is 2.59 bits per heavy atom. The number of carbonyl (C=O) groups is 2. The lowest BCUT2D eigenvalue weighted by Gasteiger charge is -2.23. The van der Waals surface area contributed by atoms with Gasteiger partial charge in [0.2, 0.25) is 12.3 Å². The molecule has 0 bridgehead atoms. The monoisotopic (exact) mass is 508 g/mol. The minimum atomic E-state index is -0.309. The van der Waals surface area contributed by atoms with E-state index in [-0.39, 0.29) is 29.7 Å². The number of aromatic nitrogens is 3. The molecule has 37 heavy (non-hydrogen) atoms. The highest BCUT2D eigenvalue weighted by molar-refractivity contribution is 5.93. The van der Waals surface area contributed by atoms with Crippen LogP contribution in [0.3, 0.4) is 0 Å². The van der Waals surface area contributed by atoms with Crippen molar-refractivity contribution in [2.45, 2.75) is 45.6 Å². The minimum Gasteiger partial charge on any atom is -0.383 e. The fourth-order valence-corrected chi connectivity index (χ4v) is 3.54. The van der Waals surface area contributed by atoms with Crippen LogP contribution in [0.1, 0.15) is 38.7 Å². The van der Waals surface area contributed by atoms with E-state index in [1.807, 2.05) is 20.8 Å². The van der Waals surface area contributed by atoms with E-state index in [9.17, 15) is 9.18 Å². The average molecular weight is 509 g/mol. The Kier molecular flexibility index (Phi) is 9.24. The summed E-state index contributed by atoms with van der Waals surface area (Å²) in [6.07, 6.45) is 6.13. The number of ether oxygens (including phenoxy) is 1. The summed E-state index contributed by atoms with van der Waals surface area (Å²) in [6, 6.07) is 8.66. The normalized spacial score (nSPS) is 12.8. The molecule has 1 aromatic carbocycles. The maximum Gasteiger partial charge on any atom is 0.228 e. The first-order valence-corrected chi connectivity index (χ1v) is 12.0. The van der Waals surface area contributed by atoms with Gasteiger partial charge in [-0.25, -0.2) is 19.3 Å². The molecule has 0 spiro atoms. The van der Waals surface area contributed by atoms with Gasteiger partial charge in [-0.2, -0.15) is 0 Å². The second kappa shape index (κ2) is 12.4. The second-order valence-electron chi connectivity index (χ2n) is 9.38. The zero-order chi connectivity index (χ0) is 27.0. The highest BCUT2D eigenvalue weighted by atomic mass is 19.1. The van der Waals surface area contributed by atoms with Gasteiger partial charge in [-0.05, 0) is 75.9 Å². The van der Waals surface area contributed by atoms with E-state index in [1.54, 1.807) is 43.8 Å². The molecular weight excluding hydrogens is 475 g/mol. The van der Waals surface area contributed by atoms with Gasteiger partial charge in [-0.3, -0.25) is 9.59 Å². The molecule has 4 rings (SSSR count). The van der Waals surface area contributed by atoms with Crippen LogP contribution in [0.25, 0.3) is 22.6 Å². The van der Waals surface area contributed by atoms with E-state index in [0.29, 0.717) is 29.6 Å². The molecule has 9 nitrogen and oxygen atoms in total. The Hall–Kier alpha value is -3.92. The molecule has 2 heterocycles. The maximum absolute atomic E-state index is 14.6. The van der Waals surface area contributed by atoms with E-state index in [4.69, 9.17) is 14.5 Å². The predicted molar refractivity (Wildman–Crippen MR) is 141 cm³/mol. The molecule has 0 atom stereocenters. The molecule has 1 aliphatic rings. The quantitative estimate of drug-likeness (QED) is 0.367. The van der Waals surface area contributed by atoms with Gasteiger partial charge >= 0.3 is 0 Å². The number of hydrogen-bond acceptors (Lipinski definition) is 7. The summed E-state index contributed by atoms with van der Waals surface area (Å²) in [6.45, 7) is 6.42. The lowest BCUT2D eigenvalue weighted by atomic mass is 10.0. The van der Waals surface area contributed by atoms with Gasteiger partial charge < -0.3 is 21.1 Å². The molecule has 0 unspecified atom stereocenters. The molecule has 3 aromatic rings. The zero-order valence-corrected chi connectivity index (χ0v) is 21.5. The van der Waals surface area contributed by atoms with Gasteiger partial charge in [-0.1, -0.05) is 0 Å². The van der Waals surface area contributed by atoms with Crippen molar-refractivity contribution >= 4 is 23.8 Å². The third-order valence-electron chi connectivity index (χ3n) is 6.06. The molecule has 196 valence electrons. The molecule has 4 N–H and O–H groups in total. The summed E-state index contributed by atoms with van der Waals surface area (Å²) in [5.41, 5.74) is 7.31. The summed E-state index contributed by atoms with van der Waals surface area (Å²) in [5.74, 6) is 0.759. The van der Waals surface area contributed by atoms with E-state index in [0.717, 1.165) is 36.0 Å². The lowest BCUT2D eigenvalue weighted by molar-refractivity contribution is -0.117. The summed E-state index contributed by atoms with van der Waals surface area (Å²) in [4.78, 5) is 34.0. The summed E-state index contributed by atoms with van der Waals surface area (Å²) in [7, 11) is 1.67. The Bertz CT molecular complexity index is 1250. The molecule has 1 saturated carbocycles. The number of aryl methyl sites for hydroxylation is 1.